The lowest BCUT2D eigenvalue weighted by Gasteiger charge is -2.38. The van der Waals surface area contributed by atoms with E-state index in [1.807, 2.05) is 0 Å². The first-order valence-electron chi connectivity index (χ1n) is 7.76. The van der Waals surface area contributed by atoms with Crippen molar-refractivity contribution in [1.82, 2.24) is 0 Å². The van der Waals surface area contributed by atoms with Gasteiger partial charge in [-0.05, 0) is 30.2 Å². The summed E-state index contributed by atoms with van der Waals surface area (Å²) in [7, 11) is 1.51. The van der Waals surface area contributed by atoms with Crippen molar-refractivity contribution in [2.75, 3.05) is 18.6 Å². The Balaban J connectivity index is 2.33. The predicted octanol–water partition coefficient (Wildman–Crippen LogP) is 3.45. The van der Waals surface area contributed by atoms with E-state index in [0.29, 0.717) is 29.1 Å². The van der Waals surface area contributed by atoms with Crippen LogP contribution >= 0.6 is 0 Å². The van der Waals surface area contributed by atoms with Gasteiger partial charge in [0, 0.05) is 23.1 Å². The highest BCUT2D eigenvalue weighted by Crippen LogP contribution is 2.42. The molecule has 1 heterocycles. The van der Waals surface area contributed by atoms with Crippen LogP contribution in [0.2, 0.25) is 0 Å². The number of carbonyl (C=O) groups excluding carboxylic acids is 2. The van der Waals surface area contributed by atoms with Crippen LogP contribution in [0.1, 0.15) is 22.8 Å². The van der Waals surface area contributed by atoms with Crippen molar-refractivity contribution in [3.8, 4) is 5.75 Å². The van der Waals surface area contributed by atoms with Crippen LogP contribution in [0.15, 0.2) is 53.6 Å². The van der Waals surface area contributed by atoms with Gasteiger partial charge in [0.2, 0.25) is 5.54 Å². The minimum atomic E-state index is -1.94. The summed E-state index contributed by atoms with van der Waals surface area (Å²) in [5.74, 6) is -0.567. The lowest BCUT2D eigenvalue weighted by atomic mass is 9.78. The zero-order chi connectivity index (χ0) is 18.0. The average Bonchev–Trinajstić information content (AvgIpc) is 2.66. The molecule has 7 nitrogen and oxygen atoms in total. The average molecular weight is 336 g/mol. The number of hydrogen-bond acceptors (Lipinski definition) is 4. The predicted molar refractivity (Wildman–Crippen MR) is 92.6 cm³/mol. The molecule has 126 valence electrons. The highest BCUT2D eigenvalue weighted by molar-refractivity contribution is 6.28. The Morgan fingerprint density at radius 3 is 2.52 bits per heavy atom. The maximum atomic E-state index is 13.2. The number of azide groups is 1. The van der Waals surface area contributed by atoms with Crippen molar-refractivity contribution in [2.24, 2.45) is 5.11 Å². The van der Waals surface area contributed by atoms with Crippen LogP contribution in [-0.2, 0) is 10.3 Å². The molecule has 25 heavy (non-hydrogen) atoms. The number of methoxy groups -OCH3 is 1. The molecule has 0 radical (unpaired) electrons. The number of likely N-dealkylation sites (N-methyl/N-ethyl adjacent to an activating group) is 1. The lowest BCUT2D eigenvalue weighted by molar-refractivity contribution is -0.122. The first kappa shape index (κ1) is 16.5. The zero-order valence-corrected chi connectivity index (χ0v) is 13.8. The van der Waals surface area contributed by atoms with Crippen molar-refractivity contribution in [2.45, 2.75) is 12.5 Å². The van der Waals surface area contributed by atoms with E-state index < -0.39 is 17.2 Å². The Hall–Kier alpha value is -3.31. The molecular weight excluding hydrogens is 320 g/mol. The summed E-state index contributed by atoms with van der Waals surface area (Å²) in [6.45, 7) is 2.12. The lowest BCUT2D eigenvalue weighted by Crippen LogP contribution is -2.54. The molecule has 0 saturated carbocycles. The number of carbonyl (C=O) groups is 2. The van der Waals surface area contributed by atoms with Crippen molar-refractivity contribution in [1.29, 1.82) is 0 Å². The van der Waals surface area contributed by atoms with E-state index in [1.165, 1.54) is 12.0 Å². The van der Waals surface area contributed by atoms with Gasteiger partial charge in [-0.2, -0.15) is 0 Å². The smallest absolute Gasteiger partial charge is 0.251 e. The quantitative estimate of drug-likeness (QED) is 0.370. The summed E-state index contributed by atoms with van der Waals surface area (Å²) < 4.78 is 5.20. The summed E-state index contributed by atoms with van der Waals surface area (Å²) in [6.07, 6.45) is 0. The molecule has 7 heteroatoms. The van der Waals surface area contributed by atoms with Crippen LogP contribution in [0, 0.1) is 0 Å². The molecule has 0 aromatic heterocycles. The number of nitrogens with zero attached hydrogens (tertiary/aromatic N) is 4. The first-order chi connectivity index (χ1) is 12.1. The number of amides is 1. The van der Waals surface area contributed by atoms with Gasteiger partial charge in [0.1, 0.15) is 5.75 Å². The molecule has 0 fully saturated rings. The third kappa shape index (κ3) is 2.33. The summed E-state index contributed by atoms with van der Waals surface area (Å²) in [6, 6.07) is 13.3. The van der Waals surface area contributed by atoms with Gasteiger partial charge < -0.3 is 9.64 Å². The Morgan fingerprint density at radius 1 is 1.20 bits per heavy atom. The number of benzene rings is 2. The highest BCUT2D eigenvalue weighted by atomic mass is 16.5. The normalized spacial score (nSPS) is 19.2. The number of ketones is 1. The van der Waals surface area contributed by atoms with E-state index in [4.69, 9.17) is 10.3 Å². The number of fused-ring (bicyclic) bond motifs is 1. The van der Waals surface area contributed by atoms with Gasteiger partial charge in [-0.3, -0.25) is 9.59 Å². The van der Waals surface area contributed by atoms with E-state index in [-0.39, 0.29) is 0 Å². The molecule has 1 amide bonds. The molecule has 2 aromatic carbocycles. The molecule has 3 rings (SSSR count). The Labute approximate surface area is 144 Å². The molecule has 0 spiro atoms. The van der Waals surface area contributed by atoms with Gasteiger partial charge in [0.25, 0.3) is 5.91 Å². The van der Waals surface area contributed by atoms with E-state index in [1.54, 1.807) is 55.5 Å². The van der Waals surface area contributed by atoms with Crippen LogP contribution in [0.4, 0.5) is 5.69 Å². The van der Waals surface area contributed by atoms with Gasteiger partial charge in [-0.25, -0.2) is 0 Å². The van der Waals surface area contributed by atoms with Crippen LogP contribution in [0.3, 0.4) is 0 Å². The van der Waals surface area contributed by atoms with Crippen molar-refractivity contribution in [3.05, 3.63) is 70.1 Å². The minimum Gasteiger partial charge on any atom is -0.497 e. The number of rotatable bonds is 4. The van der Waals surface area contributed by atoms with Crippen LogP contribution < -0.4 is 9.64 Å². The van der Waals surface area contributed by atoms with Gasteiger partial charge in [-0.15, -0.1) is 0 Å². The third-order valence-electron chi connectivity index (χ3n) is 4.33. The summed E-state index contributed by atoms with van der Waals surface area (Å²) >= 11 is 0. The van der Waals surface area contributed by atoms with Gasteiger partial charge in [0.15, 0.2) is 5.78 Å². The summed E-state index contributed by atoms with van der Waals surface area (Å²) in [5, 5.41) is 3.70. The largest absolute Gasteiger partial charge is 0.497 e. The summed E-state index contributed by atoms with van der Waals surface area (Å²) in [4.78, 5) is 30.7. The van der Waals surface area contributed by atoms with E-state index in [9.17, 15) is 9.59 Å². The van der Waals surface area contributed by atoms with Gasteiger partial charge in [0.05, 0.1) is 12.8 Å². The fourth-order valence-corrected chi connectivity index (χ4v) is 3.11. The van der Waals surface area contributed by atoms with Crippen LogP contribution in [0.25, 0.3) is 10.4 Å². The Bertz CT molecular complexity index is 890. The molecule has 1 atom stereocenters. The maximum Gasteiger partial charge on any atom is 0.251 e. The topological polar surface area (TPSA) is 95.4 Å². The van der Waals surface area contributed by atoms with E-state index in [2.05, 4.69) is 10.0 Å². The molecule has 0 N–H and O–H groups in total. The van der Waals surface area contributed by atoms with Crippen LogP contribution in [0.5, 0.6) is 5.75 Å². The van der Waals surface area contributed by atoms with E-state index in [0.717, 1.165) is 0 Å². The Morgan fingerprint density at radius 2 is 1.92 bits per heavy atom. The zero-order valence-electron chi connectivity index (χ0n) is 13.8. The first-order valence-corrected chi connectivity index (χ1v) is 7.76. The molecule has 2 aromatic rings. The molecule has 0 aliphatic carbocycles. The Kier molecular flexibility index (Phi) is 4.17. The fourth-order valence-electron chi connectivity index (χ4n) is 3.11. The second-order valence-electron chi connectivity index (χ2n) is 5.53. The van der Waals surface area contributed by atoms with Gasteiger partial charge >= 0.3 is 0 Å². The second kappa shape index (κ2) is 6.30. The van der Waals surface area contributed by atoms with Crippen molar-refractivity contribution < 1.29 is 14.3 Å². The van der Waals surface area contributed by atoms with Crippen molar-refractivity contribution in [3.63, 3.8) is 0 Å². The highest BCUT2D eigenvalue weighted by Gasteiger charge is 2.53. The van der Waals surface area contributed by atoms with E-state index >= 15 is 0 Å². The molecule has 1 unspecified atom stereocenters. The number of anilines is 1. The number of hydrogen-bond donors (Lipinski definition) is 0. The second-order valence-corrected chi connectivity index (χ2v) is 5.53. The molecular formula is C18H16N4O3. The number of Topliss-reactive ketones (excluding diaryl/α,β-unsaturated/α-hetero) is 1. The molecule has 0 bridgehead atoms. The third-order valence-corrected chi connectivity index (χ3v) is 4.33. The van der Waals surface area contributed by atoms with Crippen molar-refractivity contribution >= 4 is 17.4 Å². The number of ether oxygens (including phenoxy) is 1. The standard InChI is InChI=1S/C18H16N4O3/c1-3-22-15-11-13(25-2)9-10-14(15)16(23)18(17(22)24,20-21-19)12-7-5-4-6-8-12/h4-11H,3H2,1-2H3. The maximum absolute atomic E-state index is 13.2. The molecule has 1 aliphatic rings. The summed E-state index contributed by atoms with van der Waals surface area (Å²) in [5.41, 5.74) is 8.27. The SMILES string of the molecule is CCN1C(=O)C(N=[N+]=[N-])(c2ccccc2)C(=O)c2ccc(OC)cc21. The minimum absolute atomic E-state index is 0.318. The van der Waals surface area contributed by atoms with Gasteiger partial charge in [-0.1, -0.05) is 35.4 Å². The fraction of sp³-hybridized carbons (Fsp3) is 0.222. The monoisotopic (exact) mass is 336 g/mol. The molecule has 0 saturated heterocycles. The molecule has 1 aliphatic heterocycles. The van der Waals surface area contributed by atoms with Crippen LogP contribution in [-0.4, -0.2) is 25.3 Å².